The zero-order valence-electron chi connectivity index (χ0n) is 12.9. The van der Waals surface area contributed by atoms with E-state index in [2.05, 4.69) is 58.2 Å². The van der Waals surface area contributed by atoms with Crippen molar-refractivity contribution < 1.29 is 0 Å². The fourth-order valence-electron chi connectivity index (χ4n) is 2.27. The van der Waals surface area contributed by atoms with Crippen LogP contribution in [0.1, 0.15) is 49.0 Å². The highest BCUT2D eigenvalue weighted by Gasteiger charge is 2.18. The van der Waals surface area contributed by atoms with E-state index >= 15 is 0 Å². The van der Waals surface area contributed by atoms with Gasteiger partial charge in [0.05, 0.1) is 3.79 Å². The molecule has 0 saturated carbocycles. The van der Waals surface area contributed by atoms with Gasteiger partial charge in [0.1, 0.15) is 12.2 Å². The van der Waals surface area contributed by atoms with E-state index < -0.39 is 0 Å². The third-order valence-corrected chi connectivity index (χ3v) is 5.63. The van der Waals surface area contributed by atoms with Gasteiger partial charge in [-0.1, -0.05) is 13.8 Å². The summed E-state index contributed by atoms with van der Waals surface area (Å²) in [5, 5.41) is 7.97. The third-order valence-electron chi connectivity index (χ3n) is 3.38. The smallest absolute Gasteiger partial charge is 0.138 e. The molecule has 2 heterocycles. The lowest BCUT2D eigenvalue weighted by atomic mass is 10.1. The largest absolute Gasteiger partial charge is 0.309 e. The second kappa shape index (κ2) is 8.06. The van der Waals surface area contributed by atoms with Gasteiger partial charge in [-0.25, -0.2) is 4.98 Å². The highest BCUT2D eigenvalue weighted by atomic mass is 79.9. The molecule has 2 rings (SSSR count). The van der Waals surface area contributed by atoms with E-state index in [1.807, 2.05) is 16.0 Å². The van der Waals surface area contributed by atoms with Crippen LogP contribution in [0.15, 0.2) is 16.2 Å². The lowest BCUT2D eigenvalue weighted by Crippen LogP contribution is -2.25. The van der Waals surface area contributed by atoms with E-state index in [1.165, 1.54) is 14.2 Å². The lowest BCUT2D eigenvalue weighted by molar-refractivity contribution is 0.493. The number of thiophene rings is 1. The number of nitrogens with one attached hydrogen (secondary N) is 1. The Bertz CT molecular complexity index is 544. The number of hydrogen-bond acceptors (Lipinski definition) is 4. The first-order valence-electron chi connectivity index (χ1n) is 7.51. The van der Waals surface area contributed by atoms with Crippen LogP contribution in [-0.2, 0) is 13.0 Å². The number of halogens is 1. The van der Waals surface area contributed by atoms with Gasteiger partial charge in [-0.2, -0.15) is 5.10 Å². The van der Waals surface area contributed by atoms with Gasteiger partial charge in [-0.3, -0.25) is 4.68 Å². The Morgan fingerprint density at radius 2 is 2.19 bits per heavy atom. The van der Waals surface area contributed by atoms with Crippen molar-refractivity contribution in [2.45, 2.75) is 52.6 Å². The van der Waals surface area contributed by atoms with Gasteiger partial charge in [0.25, 0.3) is 0 Å². The number of rotatable bonds is 8. The molecule has 0 bridgehead atoms. The lowest BCUT2D eigenvalue weighted by Gasteiger charge is -2.17. The predicted molar refractivity (Wildman–Crippen MR) is 91.8 cm³/mol. The third kappa shape index (κ3) is 4.37. The van der Waals surface area contributed by atoms with Gasteiger partial charge in [0, 0.05) is 23.9 Å². The van der Waals surface area contributed by atoms with E-state index in [-0.39, 0.29) is 0 Å². The Hall–Kier alpha value is -0.720. The number of aryl methyl sites for hydroxylation is 2. The summed E-state index contributed by atoms with van der Waals surface area (Å²) in [6.07, 6.45) is 4.75. The Labute approximate surface area is 139 Å². The fourth-order valence-corrected chi connectivity index (χ4v) is 3.92. The molecule has 116 valence electrons. The molecule has 2 aromatic heterocycles. The van der Waals surface area contributed by atoms with E-state index in [9.17, 15) is 0 Å². The van der Waals surface area contributed by atoms with Crippen LogP contribution < -0.4 is 5.32 Å². The van der Waals surface area contributed by atoms with Crippen LogP contribution in [0.3, 0.4) is 0 Å². The molecule has 1 atom stereocenters. The molecule has 2 aromatic rings. The molecule has 0 aliphatic carbocycles. The van der Waals surface area contributed by atoms with Crippen LogP contribution >= 0.6 is 27.3 Å². The maximum Gasteiger partial charge on any atom is 0.138 e. The molecule has 4 nitrogen and oxygen atoms in total. The number of aromatic nitrogens is 3. The molecule has 0 amide bonds. The molecule has 1 N–H and O–H groups in total. The Morgan fingerprint density at radius 1 is 1.38 bits per heavy atom. The summed E-state index contributed by atoms with van der Waals surface area (Å²) in [5.74, 6) is 1.06. The van der Waals surface area contributed by atoms with Crippen LogP contribution in [0.2, 0.25) is 0 Å². The van der Waals surface area contributed by atoms with E-state index in [4.69, 9.17) is 0 Å². The SMILES string of the molecule is CCCNC(Cc1ncnn1CCC)c1cc(C)c(Br)s1. The van der Waals surface area contributed by atoms with Crippen molar-refractivity contribution in [2.24, 2.45) is 0 Å². The average molecular weight is 371 g/mol. The second-order valence-electron chi connectivity index (χ2n) is 5.22. The molecule has 21 heavy (non-hydrogen) atoms. The Morgan fingerprint density at radius 3 is 2.81 bits per heavy atom. The molecular formula is C15H23BrN4S. The predicted octanol–water partition coefficient (Wildman–Crippen LogP) is 4.10. The number of hydrogen-bond donors (Lipinski definition) is 1. The summed E-state index contributed by atoms with van der Waals surface area (Å²) < 4.78 is 3.24. The molecule has 0 spiro atoms. The topological polar surface area (TPSA) is 42.7 Å². The van der Waals surface area contributed by atoms with E-state index in [1.54, 1.807) is 6.33 Å². The maximum atomic E-state index is 4.44. The van der Waals surface area contributed by atoms with Gasteiger partial charge in [-0.15, -0.1) is 11.3 Å². The van der Waals surface area contributed by atoms with Crippen LogP contribution in [0.4, 0.5) is 0 Å². The maximum absolute atomic E-state index is 4.44. The van der Waals surface area contributed by atoms with Gasteiger partial charge in [0.2, 0.25) is 0 Å². The molecule has 0 fully saturated rings. The summed E-state index contributed by atoms with van der Waals surface area (Å²) in [4.78, 5) is 5.80. The first-order valence-corrected chi connectivity index (χ1v) is 9.12. The highest BCUT2D eigenvalue weighted by Crippen LogP contribution is 2.32. The second-order valence-corrected chi connectivity index (χ2v) is 7.62. The summed E-state index contributed by atoms with van der Waals surface area (Å²) in [6, 6.07) is 2.57. The van der Waals surface area contributed by atoms with Crippen molar-refractivity contribution in [2.75, 3.05) is 6.54 Å². The number of nitrogens with zero attached hydrogens (tertiary/aromatic N) is 3. The summed E-state index contributed by atoms with van der Waals surface area (Å²) >= 11 is 5.44. The van der Waals surface area contributed by atoms with Crippen molar-refractivity contribution in [3.05, 3.63) is 32.4 Å². The van der Waals surface area contributed by atoms with Crippen LogP contribution in [0.25, 0.3) is 0 Å². The molecule has 0 aliphatic rings. The molecule has 6 heteroatoms. The van der Waals surface area contributed by atoms with E-state index in [0.717, 1.165) is 38.2 Å². The molecule has 0 aliphatic heterocycles. The van der Waals surface area contributed by atoms with Crippen LogP contribution in [0, 0.1) is 6.92 Å². The van der Waals surface area contributed by atoms with Crippen molar-refractivity contribution in [1.82, 2.24) is 20.1 Å². The summed E-state index contributed by atoms with van der Waals surface area (Å²) in [5.41, 5.74) is 1.30. The van der Waals surface area contributed by atoms with Crippen molar-refractivity contribution in [3.63, 3.8) is 0 Å². The zero-order valence-corrected chi connectivity index (χ0v) is 15.3. The van der Waals surface area contributed by atoms with Gasteiger partial charge >= 0.3 is 0 Å². The normalized spacial score (nSPS) is 12.8. The minimum atomic E-state index is 0.305. The van der Waals surface area contributed by atoms with Crippen molar-refractivity contribution >= 4 is 27.3 Å². The quantitative estimate of drug-likeness (QED) is 0.760. The first kappa shape index (κ1) is 16.6. The standard InChI is InChI=1S/C15H23BrN4S/c1-4-6-17-12(13-8-11(3)15(16)21-13)9-14-18-10-19-20(14)7-5-2/h8,10,12,17H,4-7,9H2,1-3H3. The average Bonchev–Trinajstić information content (AvgIpc) is 3.03. The summed E-state index contributed by atoms with van der Waals surface area (Å²) in [7, 11) is 0. The fraction of sp³-hybridized carbons (Fsp3) is 0.600. The molecular weight excluding hydrogens is 348 g/mol. The van der Waals surface area contributed by atoms with Crippen LogP contribution in [-0.4, -0.2) is 21.3 Å². The van der Waals surface area contributed by atoms with Gasteiger partial charge in [-0.05, 0) is 53.9 Å². The molecule has 0 aromatic carbocycles. The Kier molecular flexibility index (Phi) is 6.39. The first-order chi connectivity index (χ1) is 10.2. The van der Waals surface area contributed by atoms with Crippen molar-refractivity contribution in [1.29, 1.82) is 0 Å². The Balaban J connectivity index is 2.17. The molecule has 1 unspecified atom stereocenters. The minimum absolute atomic E-state index is 0.305. The minimum Gasteiger partial charge on any atom is -0.309 e. The molecule has 0 saturated heterocycles. The van der Waals surface area contributed by atoms with Gasteiger partial charge in [0.15, 0.2) is 0 Å². The zero-order chi connectivity index (χ0) is 15.2. The summed E-state index contributed by atoms with van der Waals surface area (Å²) in [6.45, 7) is 8.45. The monoisotopic (exact) mass is 370 g/mol. The van der Waals surface area contributed by atoms with Crippen LogP contribution in [0.5, 0.6) is 0 Å². The van der Waals surface area contributed by atoms with Crippen molar-refractivity contribution in [3.8, 4) is 0 Å². The van der Waals surface area contributed by atoms with Gasteiger partial charge < -0.3 is 5.32 Å². The van der Waals surface area contributed by atoms with E-state index in [0.29, 0.717) is 6.04 Å². The highest BCUT2D eigenvalue weighted by molar-refractivity contribution is 9.11. The molecule has 0 radical (unpaired) electrons.